The zero-order chi connectivity index (χ0) is 17.7. The normalized spacial score (nSPS) is 27.1. The largest absolute Gasteiger partial charge is 0.468 e. The highest BCUT2D eigenvalue weighted by Crippen LogP contribution is 2.77. The molecule has 24 heavy (non-hydrogen) atoms. The van der Waals surface area contributed by atoms with Crippen LogP contribution in [-0.4, -0.2) is 20.2 Å². The van der Waals surface area contributed by atoms with Crippen molar-refractivity contribution in [2.24, 2.45) is 11.3 Å². The van der Waals surface area contributed by atoms with E-state index in [1.807, 2.05) is 32.0 Å². The smallest absolute Gasteiger partial charge is 0.341 e. The number of methoxy groups -OCH3 is 2. The summed E-state index contributed by atoms with van der Waals surface area (Å²) in [6, 6.07) is 10.2. The minimum absolute atomic E-state index is 0.0477. The van der Waals surface area contributed by atoms with Crippen LogP contribution in [0.25, 0.3) is 0 Å². The Morgan fingerprint density at radius 3 is 2.25 bits per heavy atom. The summed E-state index contributed by atoms with van der Waals surface area (Å²) >= 11 is 0. The summed E-state index contributed by atoms with van der Waals surface area (Å²) in [5.41, 5.74) is 2.14. The fourth-order valence-electron chi connectivity index (χ4n) is 4.44. The van der Waals surface area contributed by atoms with E-state index >= 15 is 0 Å². The van der Waals surface area contributed by atoms with Gasteiger partial charge in [0.2, 0.25) is 0 Å². The summed E-state index contributed by atoms with van der Waals surface area (Å²) in [5, 5.41) is 0. The predicted molar refractivity (Wildman–Crippen MR) is 90.9 cm³/mol. The van der Waals surface area contributed by atoms with Gasteiger partial charge in [-0.05, 0) is 30.4 Å². The molecule has 1 aliphatic heterocycles. The topological polar surface area (TPSA) is 44.8 Å². The molecule has 2 atom stereocenters. The van der Waals surface area contributed by atoms with Gasteiger partial charge in [-0.2, -0.15) is 0 Å². The fraction of sp³-hybridized carbons (Fsp3) is 0.450. The van der Waals surface area contributed by atoms with Crippen molar-refractivity contribution in [3.63, 3.8) is 0 Å². The van der Waals surface area contributed by atoms with E-state index in [9.17, 15) is 4.79 Å². The van der Waals surface area contributed by atoms with Gasteiger partial charge >= 0.3 is 5.97 Å². The van der Waals surface area contributed by atoms with Gasteiger partial charge in [-0.15, -0.1) is 0 Å². The zero-order valence-electron chi connectivity index (χ0n) is 15.1. The maximum atomic E-state index is 12.5. The first kappa shape index (κ1) is 16.6. The van der Waals surface area contributed by atoms with Crippen LogP contribution in [0.2, 0.25) is 0 Å². The molecular formula is C20H24O4. The highest BCUT2D eigenvalue weighted by Gasteiger charge is 2.79. The van der Waals surface area contributed by atoms with Crippen LogP contribution in [-0.2, 0) is 24.4 Å². The predicted octanol–water partition coefficient (Wildman–Crippen LogP) is 3.94. The molecule has 1 saturated carbocycles. The molecular weight excluding hydrogens is 304 g/mol. The summed E-state index contributed by atoms with van der Waals surface area (Å²) in [6.45, 7) is 8.39. The Hall–Kier alpha value is -2.23. The third-order valence-electron chi connectivity index (χ3n) is 5.42. The van der Waals surface area contributed by atoms with Crippen LogP contribution in [0, 0.1) is 11.3 Å². The van der Waals surface area contributed by atoms with Crippen molar-refractivity contribution in [1.82, 2.24) is 0 Å². The Morgan fingerprint density at radius 2 is 1.75 bits per heavy atom. The fourth-order valence-corrected chi connectivity index (χ4v) is 4.44. The molecule has 4 nitrogen and oxygen atoms in total. The van der Waals surface area contributed by atoms with Gasteiger partial charge in [-0.3, -0.25) is 0 Å². The minimum Gasteiger partial charge on any atom is -0.468 e. The second-order valence-corrected chi connectivity index (χ2v) is 7.16. The maximum Gasteiger partial charge on any atom is 0.341 e. The molecule has 1 fully saturated rings. The molecule has 1 aliphatic carbocycles. The number of hydrogen-bond acceptors (Lipinski definition) is 4. The summed E-state index contributed by atoms with van der Waals surface area (Å²) in [5.74, 6) is 0.678. The maximum absolute atomic E-state index is 12.5. The molecule has 0 radical (unpaired) electrons. The quantitative estimate of drug-likeness (QED) is 0.789. The number of fused-ring (bicyclic) bond motifs is 1. The number of carbonyl (C=O) groups is 1. The Labute approximate surface area is 143 Å². The van der Waals surface area contributed by atoms with E-state index in [1.165, 1.54) is 14.2 Å². The van der Waals surface area contributed by atoms with Crippen molar-refractivity contribution in [1.29, 1.82) is 0 Å². The monoisotopic (exact) mass is 328 g/mol. The van der Waals surface area contributed by atoms with E-state index in [0.717, 1.165) is 16.9 Å². The van der Waals surface area contributed by atoms with E-state index in [4.69, 9.17) is 14.2 Å². The van der Waals surface area contributed by atoms with Gasteiger partial charge in [0.05, 0.1) is 19.6 Å². The number of carbonyl (C=O) groups excluding carboxylic acids is 1. The first-order valence-electron chi connectivity index (χ1n) is 8.11. The number of rotatable bonds is 3. The summed E-state index contributed by atoms with van der Waals surface area (Å²) < 4.78 is 16.5. The molecule has 0 spiro atoms. The number of hydrogen-bond donors (Lipinski definition) is 0. The van der Waals surface area contributed by atoms with Crippen molar-refractivity contribution in [2.75, 3.05) is 14.2 Å². The lowest BCUT2D eigenvalue weighted by Crippen LogP contribution is -2.28. The summed E-state index contributed by atoms with van der Waals surface area (Å²) in [6.07, 6.45) is 0. The number of benzene rings is 1. The Bertz CT molecular complexity index is 738. The van der Waals surface area contributed by atoms with Crippen molar-refractivity contribution >= 4 is 5.97 Å². The first-order chi connectivity index (χ1) is 11.3. The van der Waals surface area contributed by atoms with Crippen molar-refractivity contribution in [3.8, 4) is 0 Å². The van der Waals surface area contributed by atoms with E-state index < -0.39 is 5.97 Å². The molecule has 1 aromatic rings. The highest BCUT2D eigenvalue weighted by atomic mass is 16.7. The van der Waals surface area contributed by atoms with Gasteiger partial charge in [0.15, 0.2) is 0 Å². The Morgan fingerprint density at radius 1 is 1.12 bits per heavy atom. The zero-order valence-corrected chi connectivity index (χ0v) is 15.1. The average Bonchev–Trinajstić information content (AvgIpc) is 3.11. The third-order valence-corrected chi connectivity index (χ3v) is 5.42. The molecule has 0 amide bonds. The number of ether oxygens (including phenoxy) is 3. The van der Waals surface area contributed by atoms with E-state index in [2.05, 4.69) is 26.0 Å². The van der Waals surface area contributed by atoms with Crippen molar-refractivity contribution < 1.29 is 19.0 Å². The minimum atomic E-state index is -0.393. The molecule has 4 heteroatoms. The van der Waals surface area contributed by atoms with Gasteiger partial charge in [0.1, 0.15) is 11.3 Å². The van der Waals surface area contributed by atoms with Gasteiger partial charge in [-0.25, -0.2) is 4.79 Å². The Kier molecular flexibility index (Phi) is 3.74. The summed E-state index contributed by atoms with van der Waals surface area (Å²) in [4.78, 5) is 12.5. The average molecular weight is 328 g/mol. The molecule has 0 aromatic heterocycles. The molecule has 3 rings (SSSR count). The second-order valence-electron chi connectivity index (χ2n) is 7.16. The van der Waals surface area contributed by atoms with Crippen LogP contribution in [0.3, 0.4) is 0 Å². The van der Waals surface area contributed by atoms with Gasteiger partial charge in [0, 0.05) is 5.92 Å². The molecule has 0 N–H and O–H groups in total. The van der Waals surface area contributed by atoms with Crippen LogP contribution in [0.15, 0.2) is 53.2 Å². The lowest BCUT2D eigenvalue weighted by atomic mass is 9.82. The van der Waals surface area contributed by atoms with Crippen LogP contribution >= 0.6 is 0 Å². The molecule has 0 bridgehead atoms. The van der Waals surface area contributed by atoms with E-state index in [-0.39, 0.29) is 22.7 Å². The van der Waals surface area contributed by atoms with Gasteiger partial charge in [-0.1, -0.05) is 44.2 Å². The standard InChI is InChI=1S/C20H24O4/c1-12(2)16-20(13-10-8-7-9-11-13)15(19(20,3)4)14(17(21)22-5)18(23-6)24-16/h7-11,15H,1-6H3. The SMILES string of the molecule is COC(=O)C1=C(OC)OC(=C(C)C)C2(c3ccccc3)C1C2(C)C. The van der Waals surface area contributed by atoms with Gasteiger partial charge in [0.25, 0.3) is 5.95 Å². The van der Waals surface area contributed by atoms with Crippen LogP contribution in [0.1, 0.15) is 33.3 Å². The highest BCUT2D eigenvalue weighted by molar-refractivity contribution is 5.92. The van der Waals surface area contributed by atoms with Crippen molar-refractivity contribution in [2.45, 2.75) is 33.1 Å². The lowest BCUT2D eigenvalue weighted by Gasteiger charge is -2.30. The van der Waals surface area contributed by atoms with Gasteiger partial charge < -0.3 is 14.2 Å². The summed E-state index contributed by atoms with van der Waals surface area (Å²) in [7, 11) is 2.91. The lowest BCUT2D eigenvalue weighted by molar-refractivity contribution is -0.137. The van der Waals surface area contributed by atoms with Crippen molar-refractivity contribution in [3.05, 3.63) is 58.7 Å². The van der Waals surface area contributed by atoms with E-state index in [1.54, 1.807) is 0 Å². The second kappa shape index (κ2) is 5.40. The molecule has 0 saturated heterocycles. The Balaban J connectivity index is 2.31. The number of allylic oxidation sites excluding steroid dienone is 2. The first-order valence-corrected chi connectivity index (χ1v) is 8.11. The third kappa shape index (κ3) is 1.89. The molecule has 1 aromatic carbocycles. The molecule has 2 aliphatic rings. The molecule has 128 valence electrons. The van der Waals surface area contributed by atoms with Crippen LogP contribution in [0.5, 0.6) is 0 Å². The molecule has 1 heterocycles. The van der Waals surface area contributed by atoms with Crippen LogP contribution in [0.4, 0.5) is 0 Å². The van der Waals surface area contributed by atoms with Crippen LogP contribution < -0.4 is 0 Å². The molecule has 2 unspecified atom stereocenters. The number of esters is 1. The van der Waals surface area contributed by atoms with E-state index in [0.29, 0.717) is 5.57 Å².